The molecule has 0 aliphatic heterocycles. The van der Waals surface area contributed by atoms with E-state index in [2.05, 4.69) is 18.0 Å². The van der Waals surface area contributed by atoms with Crippen molar-refractivity contribution in [1.29, 1.82) is 5.26 Å². The summed E-state index contributed by atoms with van der Waals surface area (Å²) in [7, 11) is 0. The van der Waals surface area contributed by atoms with Crippen LogP contribution in [0.2, 0.25) is 0 Å². The van der Waals surface area contributed by atoms with E-state index in [0.29, 0.717) is 0 Å². The summed E-state index contributed by atoms with van der Waals surface area (Å²) in [6, 6.07) is 2.32. The van der Waals surface area contributed by atoms with Gasteiger partial charge in [0.05, 0.1) is 11.5 Å². The van der Waals surface area contributed by atoms with Crippen LogP contribution in [0, 0.1) is 16.7 Å². The van der Waals surface area contributed by atoms with Gasteiger partial charge in [0, 0.05) is 0 Å². The molecular weight excluding hydrogens is 172 g/mol. The van der Waals surface area contributed by atoms with Crippen molar-refractivity contribution in [3.63, 3.8) is 0 Å². The smallest absolute Gasteiger partial charge is 0.0683 e. The first kappa shape index (κ1) is 13.2. The largest absolute Gasteiger partial charge is 0.316 e. The Labute approximate surface area is 88.0 Å². The van der Waals surface area contributed by atoms with Gasteiger partial charge in [-0.25, -0.2) is 0 Å². The van der Waals surface area contributed by atoms with E-state index in [-0.39, 0.29) is 5.41 Å². The van der Waals surface area contributed by atoms with Gasteiger partial charge >= 0.3 is 0 Å². The minimum atomic E-state index is -0.152. The molecule has 2 heteroatoms. The summed E-state index contributed by atoms with van der Waals surface area (Å²) in [6.45, 7) is 9.73. The molecule has 0 saturated carbocycles. The van der Waals surface area contributed by atoms with Gasteiger partial charge < -0.3 is 5.32 Å². The van der Waals surface area contributed by atoms with E-state index in [4.69, 9.17) is 5.26 Å². The molecule has 0 rings (SSSR count). The lowest BCUT2D eigenvalue weighted by Crippen LogP contribution is -2.17. The van der Waals surface area contributed by atoms with Crippen LogP contribution in [-0.2, 0) is 0 Å². The van der Waals surface area contributed by atoms with Crippen molar-refractivity contribution in [1.82, 2.24) is 5.32 Å². The van der Waals surface area contributed by atoms with Gasteiger partial charge in [-0.2, -0.15) is 5.26 Å². The van der Waals surface area contributed by atoms with Crippen molar-refractivity contribution in [2.45, 2.75) is 39.5 Å². The number of unbranched alkanes of at least 4 members (excludes halogenated alkanes) is 1. The minimum Gasteiger partial charge on any atom is -0.316 e. The molecule has 0 bridgehead atoms. The molecule has 0 amide bonds. The van der Waals surface area contributed by atoms with E-state index in [1.165, 1.54) is 0 Å². The van der Waals surface area contributed by atoms with Crippen molar-refractivity contribution < 1.29 is 0 Å². The Hall–Kier alpha value is -0.810. The summed E-state index contributed by atoms with van der Waals surface area (Å²) in [4.78, 5) is 0. The Morgan fingerprint density at radius 2 is 2.07 bits per heavy atom. The molecular formula is C12H22N2. The van der Waals surface area contributed by atoms with Gasteiger partial charge in [-0.3, -0.25) is 0 Å². The van der Waals surface area contributed by atoms with Crippen molar-refractivity contribution in [3.05, 3.63) is 12.7 Å². The summed E-state index contributed by atoms with van der Waals surface area (Å²) in [5.41, 5.74) is -0.152. The zero-order chi connectivity index (χ0) is 10.9. The summed E-state index contributed by atoms with van der Waals surface area (Å²) >= 11 is 0. The predicted molar refractivity (Wildman–Crippen MR) is 60.9 cm³/mol. The molecule has 14 heavy (non-hydrogen) atoms. The van der Waals surface area contributed by atoms with E-state index >= 15 is 0 Å². The molecule has 0 heterocycles. The summed E-state index contributed by atoms with van der Waals surface area (Å²) in [5.74, 6) is 0. The maximum Gasteiger partial charge on any atom is 0.0683 e. The summed E-state index contributed by atoms with van der Waals surface area (Å²) in [6.07, 6.45) is 6.23. The Morgan fingerprint density at radius 1 is 1.36 bits per heavy atom. The lowest BCUT2D eigenvalue weighted by atomic mass is 9.89. The molecule has 0 spiro atoms. The third-order valence-corrected chi connectivity index (χ3v) is 2.23. The molecule has 0 aromatic carbocycles. The van der Waals surface area contributed by atoms with Crippen molar-refractivity contribution >= 4 is 0 Å². The van der Waals surface area contributed by atoms with Gasteiger partial charge in [0.15, 0.2) is 0 Å². The lowest BCUT2D eigenvalue weighted by Gasteiger charge is -2.14. The molecule has 0 radical (unpaired) electrons. The number of nitrogens with zero attached hydrogens (tertiary/aromatic N) is 1. The van der Waals surface area contributed by atoms with Crippen LogP contribution in [0.1, 0.15) is 39.5 Å². The highest BCUT2D eigenvalue weighted by Gasteiger charge is 2.14. The van der Waals surface area contributed by atoms with Gasteiger partial charge in [0.2, 0.25) is 0 Å². The fraction of sp³-hybridized carbons (Fsp3) is 0.750. The lowest BCUT2D eigenvalue weighted by molar-refractivity contribution is 0.423. The molecule has 0 saturated heterocycles. The number of nitriles is 1. The zero-order valence-electron chi connectivity index (χ0n) is 9.47. The fourth-order valence-corrected chi connectivity index (χ4v) is 1.20. The van der Waals surface area contributed by atoms with E-state index in [1.807, 2.05) is 19.9 Å². The molecule has 0 aromatic rings. The van der Waals surface area contributed by atoms with Crippen LogP contribution in [0.4, 0.5) is 0 Å². The summed E-state index contributed by atoms with van der Waals surface area (Å²) in [5, 5.41) is 12.1. The highest BCUT2D eigenvalue weighted by atomic mass is 14.8. The van der Waals surface area contributed by atoms with Gasteiger partial charge in [0.1, 0.15) is 0 Å². The first-order valence-corrected chi connectivity index (χ1v) is 5.35. The quantitative estimate of drug-likeness (QED) is 0.476. The molecule has 0 aliphatic rings. The van der Waals surface area contributed by atoms with Gasteiger partial charge in [-0.15, -0.1) is 6.58 Å². The van der Waals surface area contributed by atoms with Crippen LogP contribution in [0.15, 0.2) is 12.7 Å². The Kier molecular flexibility index (Phi) is 7.14. The average Bonchev–Trinajstić information content (AvgIpc) is 2.16. The topological polar surface area (TPSA) is 35.8 Å². The van der Waals surface area contributed by atoms with Crippen LogP contribution in [0.25, 0.3) is 0 Å². The van der Waals surface area contributed by atoms with Crippen LogP contribution < -0.4 is 5.32 Å². The molecule has 0 atom stereocenters. The van der Waals surface area contributed by atoms with Crippen LogP contribution in [-0.4, -0.2) is 13.1 Å². The molecule has 0 aliphatic carbocycles. The third kappa shape index (κ3) is 7.82. The molecule has 0 aromatic heterocycles. The number of rotatable bonds is 8. The Balaban J connectivity index is 3.22. The van der Waals surface area contributed by atoms with E-state index in [1.54, 1.807) is 0 Å². The predicted octanol–water partition coefficient (Wildman–Crippen LogP) is 2.87. The molecule has 2 nitrogen and oxygen atoms in total. The second-order valence-electron chi connectivity index (χ2n) is 4.28. The SMILES string of the molecule is C=CCCNCCCCC(C)(C)C#N. The molecule has 80 valence electrons. The van der Waals surface area contributed by atoms with Crippen LogP contribution in [0.3, 0.4) is 0 Å². The van der Waals surface area contributed by atoms with Crippen LogP contribution >= 0.6 is 0 Å². The highest BCUT2D eigenvalue weighted by molar-refractivity contribution is 4.91. The van der Waals surface area contributed by atoms with Gasteiger partial charge in [-0.1, -0.05) is 12.5 Å². The van der Waals surface area contributed by atoms with E-state index in [9.17, 15) is 0 Å². The maximum atomic E-state index is 8.79. The second-order valence-corrected chi connectivity index (χ2v) is 4.28. The maximum absolute atomic E-state index is 8.79. The fourth-order valence-electron chi connectivity index (χ4n) is 1.20. The molecule has 0 fully saturated rings. The number of hydrogen-bond acceptors (Lipinski definition) is 2. The van der Waals surface area contributed by atoms with Crippen molar-refractivity contribution in [3.8, 4) is 6.07 Å². The normalized spacial score (nSPS) is 10.9. The number of nitrogens with one attached hydrogen (secondary N) is 1. The third-order valence-electron chi connectivity index (χ3n) is 2.23. The standard InChI is InChI=1S/C12H22N2/c1-4-5-9-14-10-7-6-8-12(2,3)11-13/h4,14H,1,5-10H2,2-3H3. The summed E-state index contributed by atoms with van der Waals surface area (Å²) < 4.78 is 0. The van der Waals surface area contributed by atoms with Gasteiger partial charge in [-0.05, 0) is 46.2 Å². The second kappa shape index (κ2) is 7.58. The van der Waals surface area contributed by atoms with Gasteiger partial charge in [0.25, 0.3) is 0 Å². The highest BCUT2D eigenvalue weighted by Crippen LogP contribution is 2.21. The minimum absolute atomic E-state index is 0.152. The molecule has 0 unspecified atom stereocenters. The Bertz CT molecular complexity index is 189. The molecule has 1 N–H and O–H groups in total. The first-order valence-electron chi connectivity index (χ1n) is 5.35. The van der Waals surface area contributed by atoms with Crippen LogP contribution in [0.5, 0.6) is 0 Å². The van der Waals surface area contributed by atoms with Crippen molar-refractivity contribution in [2.75, 3.05) is 13.1 Å². The Morgan fingerprint density at radius 3 is 2.64 bits per heavy atom. The monoisotopic (exact) mass is 194 g/mol. The van der Waals surface area contributed by atoms with E-state index < -0.39 is 0 Å². The average molecular weight is 194 g/mol. The number of hydrogen-bond donors (Lipinski definition) is 1. The van der Waals surface area contributed by atoms with E-state index in [0.717, 1.165) is 38.8 Å². The van der Waals surface area contributed by atoms with Crippen molar-refractivity contribution in [2.24, 2.45) is 5.41 Å². The zero-order valence-corrected chi connectivity index (χ0v) is 9.47. The first-order chi connectivity index (χ1) is 6.62.